The Bertz CT molecular complexity index is 333. The Balaban J connectivity index is 2.53. The summed E-state index contributed by atoms with van der Waals surface area (Å²) in [4.78, 5) is 0. The molecule has 1 rings (SSSR count). The molecule has 4 heteroatoms. The first-order valence-corrected chi connectivity index (χ1v) is 6.89. The summed E-state index contributed by atoms with van der Waals surface area (Å²) < 4.78 is 2.02. The molecule has 1 N–H and O–H groups in total. The van der Waals surface area contributed by atoms with Gasteiger partial charge in [0.2, 0.25) is 0 Å². The number of aromatic nitrogens is 2. The molecule has 0 saturated heterocycles. The molecule has 0 amide bonds. The molecule has 0 aliphatic carbocycles. The molecule has 3 nitrogen and oxygen atoms in total. The molecule has 0 saturated carbocycles. The molecule has 0 radical (unpaired) electrons. The van der Waals surface area contributed by atoms with Crippen LogP contribution in [0.4, 0.5) is 0 Å². The first kappa shape index (κ1) is 14.5. The third-order valence-corrected chi connectivity index (χ3v) is 3.21. The lowest BCUT2D eigenvalue weighted by molar-refractivity contribution is 0.475. The fourth-order valence-corrected chi connectivity index (χ4v) is 2.12. The molecule has 0 aromatic carbocycles. The van der Waals surface area contributed by atoms with Crippen LogP contribution < -0.4 is 5.32 Å². The van der Waals surface area contributed by atoms with Crippen LogP contribution in [0.1, 0.15) is 52.3 Å². The Labute approximate surface area is 110 Å². The molecule has 0 aliphatic rings. The molecule has 0 spiro atoms. The van der Waals surface area contributed by atoms with Crippen molar-refractivity contribution < 1.29 is 0 Å². The van der Waals surface area contributed by atoms with E-state index in [-0.39, 0.29) is 0 Å². The van der Waals surface area contributed by atoms with Gasteiger partial charge in [-0.15, -0.1) is 0 Å². The molecule has 98 valence electrons. The smallest absolute Gasteiger partial charge is 0.0817 e. The number of halogens is 1. The van der Waals surface area contributed by atoms with Gasteiger partial charge < -0.3 is 5.32 Å². The predicted molar refractivity (Wildman–Crippen MR) is 73.7 cm³/mol. The van der Waals surface area contributed by atoms with Crippen LogP contribution in [0.2, 0.25) is 5.02 Å². The van der Waals surface area contributed by atoms with Crippen LogP contribution in [0.25, 0.3) is 0 Å². The molecule has 1 unspecified atom stereocenters. The van der Waals surface area contributed by atoms with Gasteiger partial charge in [-0.1, -0.05) is 18.5 Å². The molecule has 0 bridgehead atoms. The van der Waals surface area contributed by atoms with E-state index in [1.807, 2.05) is 4.68 Å². The summed E-state index contributed by atoms with van der Waals surface area (Å²) in [5.74, 6) is 0. The van der Waals surface area contributed by atoms with Crippen molar-refractivity contribution in [1.29, 1.82) is 0 Å². The molecular weight excluding hydrogens is 234 g/mol. The summed E-state index contributed by atoms with van der Waals surface area (Å²) in [5, 5.41) is 8.60. The summed E-state index contributed by atoms with van der Waals surface area (Å²) in [6.45, 7) is 9.75. The molecule has 1 aromatic heterocycles. The number of nitrogens with one attached hydrogen (secondary N) is 1. The average Bonchev–Trinajstić information content (AvgIpc) is 2.65. The van der Waals surface area contributed by atoms with E-state index in [2.05, 4.69) is 38.1 Å². The SMILES string of the molecule is CCCNC(C)CCc1c(Cl)cnn1C(C)C. The molecule has 0 aliphatic heterocycles. The lowest BCUT2D eigenvalue weighted by atomic mass is 10.1. The van der Waals surface area contributed by atoms with Crippen molar-refractivity contribution in [2.45, 2.75) is 59.0 Å². The van der Waals surface area contributed by atoms with Gasteiger partial charge in [0.15, 0.2) is 0 Å². The van der Waals surface area contributed by atoms with Gasteiger partial charge >= 0.3 is 0 Å². The highest BCUT2D eigenvalue weighted by Crippen LogP contribution is 2.20. The maximum Gasteiger partial charge on any atom is 0.0817 e. The van der Waals surface area contributed by atoms with Crippen molar-refractivity contribution in [2.75, 3.05) is 6.54 Å². The summed E-state index contributed by atoms with van der Waals surface area (Å²) in [7, 11) is 0. The molecule has 0 fully saturated rings. The van der Waals surface area contributed by atoms with E-state index in [1.54, 1.807) is 6.20 Å². The molecule has 17 heavy (non-hydrogen) atoms. The van der Waals surface area contributed by atoms with E-state index in [0.717, 1.165) is 30.1 Å². The number of nitrogens with zero attached hydrogens (tertiary/aromatic N) is 2. The van der Waals surface area contributed by atoms with Gasteiger partial charge in [0.25, 0.3) is 0 Å². The van der Waals surface area contributed by atoms with Crippen molar-refractivity contribution in [1.82, 2.24) is 15.1 Å². The summed E-state index contributed by atoms with van der Waals surface area (Å²) in [5.41, 5.74) is 1.16. The van der Waals surface area contributed by atoms with Crippen molar-refractivity contribution in [2.24, 2.45) is 0 Å². The van der Waals surface area contributed by atoms with Gasteiger partial charge in [-0.3, -0.25) is 4.68 Å². The number of hydrogen-bond donors (Lipinski definition) is 1. The van der Waals surface area contributed by atoms with Crippen molar-refractivity contribution in [3.05, 3.63) is 16.9 Å². The Morgan fingerprint density at radius 3 is 2.71 bits per heavy atom. The zero-order valence-corrected chi connectivity index (χ0v) is 12.1. The Kier molecular flexibility index (Phi) is 6.00. The topological polar surface area (TPSA) is 29.9 Å². The summed E-state index contributed by atoms with van der Waals surface area (Å²) >= 11 is 6.17. The zero-order chi connectivity index (χ0) is 12.8. The Morgan fingerprint density at radius 2 is 2.12 bits per heavy atom. The Hall–Kier alpha value is -0.540. The minimum atomic E-state index is 0.372. The van der Waals surface area contributed by atoms with Gasteiger partial charge in [-0.25, -0.2) is 0 Å². The van der Waals surface area contributed by atoms with Crippen LogP contribution in [0.15, 0.2) is 6.20 Å². The average molecular weight is 258 g/mol. The minimum absolute atomic E-state index is 0.372. The minimum Gasteiger partial charge on any atom is -0.314 e. The van der Waals surface area contributed by atoms with E-state index in [1.165, 1.54) is 6.42 Å². The fourth-order valence-electron chi connectivity index (χ4n) is 1.89. The largest absolute Gasteiger partial charge is 0.314 e. The van der Waals surface area contributed by atoms with Gasteiger partial charge in [0, 0.05) is 12.1 Å². The van der Waals surface area contributed by atoms with E-state index >= 15 is 0 Å². The molecule has 1 atom stereocenters. The third kappa shape index (κ3) is 4.32. The third-order valence-electron chi connectivity index (χ3n) is 2.89. The van der Waals surface area contributed by atoms with Gasteiger partial charge in [-0.05, 0) is 46.6 Å². The highest BCUT2D eigenvalue weighted by molar-refractivity contribution is 6.31. The second kappa shape index (κ2) is 7.02. The van der Waals surface area contributed by atoms with E-state index in [4.69, 9.17) is 11.6 Å². The normalized spacial score (nSPS) is 13.3. The quantitative estimate of drug-likeness (QED) is 0.811. The monoisotopic (exact) mass is 257 g/mol. The van der Waals surface area contributed by atoms with E-state index in [0.29, 0.717) is 12.1 Å². The van der Waals surface area contributed by atoms with Crippen LogP contribution >= 0.6 is 11.6 Å². The van der Waals surface area contributed by atoms with Crippen LogP contribution in [0.5, 0.6) is 0 Å². The maximum atomic E-state index is 6.17. The second-order valence-electron chi connectivity index (χ2n) is 4.87. The zero-order valence-electron chi connectivity index (χ0n) is 11.3. The van der Waals surface area contributed by atoms with Crippen LogP contribution in [0.3, 0.4) is 0 Å². The fraction of sp³-hybridized carbons (Fsp3) is 0.769. The van der Waals surface area contributed by atoms with Gasteiger partial charge in [0.05, 0.1) is 16.9 Å². The van der Waals surface area contributed by atoms with Crippen molar-refractivity contribution in [3.63, 3.8) is 0 Å². The lowest BCUT2D eigenvalue weighted by Crippen LogP contribution is -2.27. The first-order valence-electron chi connectivity index (χ1n) is 6.51. The molecule has 1 aromatic rings. The van der Waals surface area contributed by atoms with E-state index in [9.17, 15) is 0 Å². The highest BCUT2D eigenvalue weighted by atomic mass is 35.5. The lowest BCUT2D eigenvalue weighted by Gasteiger charge is -2.15. The van der Waals surface area contributed by atoms with Crippen LogP contribution in [-0.2, 0) is 6.42 Å². The maximum absolute atomic E-state index is 6.17. The molecular formula is C13H24ClN3. The highest BCUT2D eigenvalue weighted by Gasteiger charge is 2.12. The standard InChI is InChI=1S/C13H24ClN3/c1-5-8-15-11(4)6-7-13-12(14)9-16-17(13)10(2)3/h9-11,15H,5-8H2,1-4H3. The number of rotatable bonds is 7. The van der Waals surface area contributed by atoms with Gasteiger partial charge in [0.1, 0.15) is 0 Å². The van der Waals surface area contributed by atoms with Crippen LogP contribution in [-0.4, -0.2) is 22.4 Å². The first-order chi connectivity index (χ1) is 8.06. The van der Waals surface area contributed by atoms with Crippen molar-refractivity contribution in [3.8, 4) is 0 Å². The van der Waals surface area contributed by atoms with Crippen molar-refractivity contribution >= 4 is 11.6 Å². The Morgan fingerprint density at radius 1 is 1.41 bits per heavy atom. The summed E-state index contributed by atoms with van der Waals surface area (Å²) in [6, 6.07) is 0.901. The molecule has 1 heterocycles. The predicted octanol–water partition coefficient (Wildman–Crippen LogP) is 3.44. The second-order valence-corrected chi connectivity index (χ2v) is 5.28. The number of hydrogen-bond acceptors (Lipinski definition) is 2. The summed E-state index contributed by atoms with van der Waals surface area (Å²) in [6.07, 6.45) is 5.00. The van der Waals surface area contributed by atoms with E-state index < -0.39 is 0 Å². The van der Waals surface area contributed by atoms with Gasteiger partial charge in [-0.2, -0.15) is 5.10 Å². The van der Waals surface area contributed by atoms with Crippen LogP contribution in [0, 0.1) is 0 Å².